The van der Waals surface area contributed by atoms with Crippen LogP contribution in [0.3, 0.4) is 0 Å². The molecule has 166 valence electrons. The maximum atomic E-state index is 13.6. The number of nitrogens with zero attached hydrogens (tertiary/aromatic N) is 2. The van der Waals surface area contributed by atoms with Gasteiger partial charge in [-0.05, 0) is 55.0 Å². The van der Waals surface area contributed by atoms with E-state index in [1.54, 1.807) is 43.3 Å². The van der Waals surface area contributed by atoms with Gasteiger partial charge in [0.2, 0.25) is 5.76 Å². The zero-order chi connectivity index (χ0) is 23.3. The van der Waals surface area contributed by atoms with Gasteiger partial charge in [-0.3, -0.25) is 14.5 Å². The third-order valence-electron chi connectivity index (χ3n) is 5.39. The molecule has 0 spiro atoms. The van der Waals surface area contributed by atoms with Crippen molar-refractivity contribution in [1.82, 2.24) is 4.98 Å². The molecule has 0 fully saturated rings. The molecule has 1 unspecified atom stereocenters. The Morgan fingerprint density at radius 3 is 2.61 bits per heavy atom. The molecule has 5 rings (SSSR count). The number of carbonyl (C=O) groups is 1. The van der Waals surface area contributed by atoms with Crippen LogP contribution in [0, 0.1) is 0 Å². The van der Waals surface area contributed by atoms with Gasteiger partial charge in [-0.25, -0.2) is 4.98 Å². The van der Waals surface area contributed by atoms with Gasteiger partial charge in [-0.2, -0.15) is 0 Å². The second-order valence-electron chi connectivity index (χ2n) is 7.39. The zero-order valence-corrected chi connectivity index (χ0v) is 18.7. The number of phenols is 1. The summed E-state index contributed by atoms with van der Waals surface area (Å²) in [4.78, 5) is 32.8. The summed E-state index contributed by atoms with van der Waals surface area (Å²) in [6, 6.07) is 11.6. The molecule has 1 aliphatic rings. The summed E-state index contributed by atoms with van der Waals surface area (Å²) in [6.45, 7) is 2.11. The predicted octanol–water partition coefficient (Wildman–Crippen LogP) is 5.35. The molecule has 0 bridgehead atoms. The SMILES string of the molecule is CCOc1cc(C2c3c(oc4ccc(Cl)cc4c3=O)C(=O)N2c2ccc(Cl)cn2)ccc1O. The minimum absolute atomic E-state index is 0.0568. The number of ether oxygens (including phenoxy) is 1. The first-order valence-electron chi connectivity index (χ1n) is 10.1. The number of amides is 1. The van der Waals surface area contributed by atoms with Gasteiger partial charge < -0.3 is 14.3 Å². The van der Waals surface area contributed by atoms with Crippen molar-refractivity contribution in [3.05, 3.63) is 91.9 Å². The average molecular weight is 483 g/mol. The number of hydrogen-bond acceptors (Lipinski definition) is 6. The summed E-state index contributed by atoms with van der Waals surface area (Å²) >= 11 is 12.1. The Morgan fingerprint density at radius 1 is 1.09 bits per heavy atom. The number of pyridine rings is 1. The number of halogens is 2. The van der Waals surface area contributed by atoms with E-state index in [-0.39, 0.29) is 45.0 Å². The van der Waals surface area contributed by atoms with E-state index in [4.69, 9.17) is 32.4 Å². The first-order chi connectivity index (χ1) is 15.9. The van der Waals surface area contributed by atoms with Crippen LogP contribution in [0.2, 0.25) is 10.0 Å². The molecular weight excluding hydrogens is 467 g/mol. The molecule has 1 amide bonds. The fourth-order valence-corrected chi connectivity index (χ4v) is 4.26. The summed E-state index contributed by atoms with van der Waals surface area (Å²) in [7, 11) is 0. The van der Waals surface area contributed by atoms with E-state index in [2.05, 4.69) is 4.98 Å². The van der Waals surface area contributed by atoms with Crippen molar-refractivity contribution in [2.45, 2.75) is 13.0 Å². The summed E-state index contributed by atoms with van der Waals surface area (Å²) < 4.78 is 11.4. The minimum Gasteiger partial charge on any atom is -0.504 e. The van der Waals surface area contributed by atoms with Gasteiger partial charge in [0.25, 0.3) is 5.91 Å². The minimum atomic E-state index is -0.874. The Kier molecular flexibility index (Phi) is 5.23. The highest BCUT2D eigenvalue weighted by Crippen LogP contribution is 2.42. The van der Waals surface area contributed by atoms with Gasteiger partial charge in [0.1, 0.15) is 11.4 Å². The Hall–Kier alpha value is -3.55. The van der Waals surface area contributed by atoms with Gasteiger partial charge >= 0.3 is 0 Å². The number of hydrogen-bond donors (Lipinski definition) is 1. The Balaban J connectivity index is 1.80. The van der Waals surface area contributed by atoms with Crippen LogP contribution in [-0.4, -0.2) is 22.6 Å². The number of benzene rings is 2. The van der Waals surface area contributed by atoms with Gasteiger partial charge in [-0.15, -0.1) is 0 Å². The lowest BCUT2D eigenvalue weighted by Gasteiger charge is -2.24. The molecule has 1 atom stereocenters. The Bertz CT molecular complexity index is 1470. The lowest BCUT2D eigenvalue weighted by Crippen LogP contribution is -2.30. The highest BCUT2D eigenvalue weighted by atomic mass is 35.5. The van der Waals surface area contributed by atoms with Crippen molar-refractivity contribution < 1.29 is 19.1 Å². The van der Waals surface area contributed by atoms with Crippen molar-refractivity contribution in [2.24, 2.45) is 0 Å². The fourth-order valence-electron chi connectivity index (χ4n) is 3.98. The molecular formula is C24H16Cl2N2O5. The number of carbonyl (C=O) groups excluding carboxylic acids is 1. The highest BCUT2D eigenvalue weighted by Gasteiger charge is 2.44. The average Bonchev–Trinajstić information content (AvgIpc) is 3.09. The van der Waals surface area contributed by atoms with E-state index in [0.29, 0.717) is 22.2 Å². The summed E-state index contributed by atoms with van der Waals surface area (Å²) in [5.41, 5.74) is 0.560. The van der Waals surface area contributed by atoms with Crippen molar-refractivity contribution in [1.29, 1.82) is 0 Å². The van der Waals surface area contributed by atoms with E-state index in [1.807, 2.05) is 0 Å². The van der Waals surface area contributed by atoms with E-state index in [9.17, 15) is 14.7 Å². The molecule has 0 saturated heterocycles. The summed E-state index contributed by atoms with van der Waals surface area (Å²) in [5.74, 6) is -0.146. The van der Waals surface area contributed by atoms with Crippen LogP contribution in [-0.2, 0) is 0 Å². The molecule has 0 radical (unpaired) electrons. The summed E-state index contributed by atoms with van der Waals surface area (Å²) in [6.07, 6.45) is 1.41. The number of aromatic nitrogens is 1. The fraction of sp³-hybridized carbons (Fsp3) is 0.125. The van der Waals surface area contributed by atoms with Crippen LogP contribution in [0.4, 0.5) is 5.82 Å². The van der Waals surface area contributed by atoms with Crippen LogP contribution >= 0.6 is 23.2 Å². The number of aromatic hydroxyl groups is 1. The first-order valence-corrected chi connectivity index (χ1v) is 10.8. The smallest absolute Gasteiger partial charge is 0.296 e. The van der Waals surface area contributed by atoms with Gasteiger partial charge in [0, 0.05) is 11.2 Å². The molecule has 7 nitrogen and oxygen atoms in total. The lowest BCUT2D eigenvalue weighted by molar-refractivity contribution is 0.0970. The molecule has 3 heterocycles. The van der Waals surface area contributed by atoms with Crippen molar-refractivity contribution in [3.63, 3.8) is 0 Å². The van der Waals surface area contributed by atoms with Crippen LogP contribution in [0.1, 0.15) is 34.6 Å². The number of fused-ring (bicyclic) bond motifs is 2. The van der Waals surface area contributed by atoms with Gasteiger partial charge in [0.05, 0.1) is 28.6 Å². The van der Waals surface area contributed by atoms with E-state index in [0.717, 1.165) is 0 Å². The standard InChI is InChI=1S/C24H16Cl2N2O5/c1-2-32-18-9-12(3-6-16(18)29)21-20-22(30)15-10-13(25)4-7-17(15)33-23(20)24(31)28(21)19-8-5-14(26)11-27-19/h3-11,21,29H,2H2,1H3. The van der Waals surface area contributed by atoms with Crippen LogP contribution in [0.25, 0.3) is 11.0 Å². The van der Waals surface area contributed by atoms with Gasteiger partial charge in [0.15, 0.2) is 16.9 Å². The quantitative estimate of drug-likeness (QED) is 0.421. The maximum absolute atomic E-state index is 13.6. The maximum Gasteiger partial charge on any atom is 0.296 e. The van der Waals surface area contributed by atoms with Crippen molar-refractivity contribution >= 4 is 45.9 Å². The molecule has 2 aromatic carbocycles. The molecule has 0 aliphatic carbocycles. The monoisotopic (exact) mass is 482 g/mol. The van der Waals surface area contributed by atoms with Crippen molar-refractivity contribution in [2.75, 3.05) is 11.5 Å². The second kappa shape index (κ2) is 8.10. The Labute approximate surface area is 197 Å². The number of anilines is 1. The van der Waals surface area contributed by atoms with Crippen molar-refractivity contribution in [3.8, 4) is 11.5 Å². The van der Waals surface area contributed by atoms with Crippen LogP contribution in [0.5, 0.6) is 11.5 Å². The predicted molar refractivity (Wildman–Crippen MR) is 125 cm³/mol. The van der Waals surface area contributed by atoms with E-state index in [1.165, 1.54) is 23.2 Å². The second-order valence-corrected chi connectivity index (χ2v) is 8.26. The summed E-state index contributed by atoms with van der Waals surface area (Å²) in [5, 5.41) is 11.2. The third-order valence-corrected chi connectivity index (χ3v) is 5.85. The molecule has 0 saturated carbocycles. The van der Waals surface area contributed by atoms with Crippen LogP contribution in [0.15, 0.2) is 63.9 Å². The topological polar surface area (TPSA) is 92.9 Å². The molecule has 2 aromatic heterocycles. The molecule has 4 aromatic rings. The largest absolute Gasteiger partial charge is 0.504 e. The molecule has 9 heteroatoms. The zero-order valence-electron chi connectivity index (χ0n) is 17.2. The normalized spacial score (nSPS) is 15.2. The van der Waals surface area contributed by atoms with Crippen LogP contribution < -0.4 is 15.1 Å². The van der Waals surface area contributed by atoms with Gasteiger partial charge in [-0.1, -0.05) is 29.3 Å². The van der Waals surface area contributed by atoms with E-state index >= 15 is 0 Å². The molecule has 33 heavy (non-hydrogen) atoms. The molecule has 1 N–H and O–H groups in total. The number of phenolic OH excluding ortho intramolecular Hbond substituents is 1. The lowest BCUT2D eigenvalue weighted by atomic mass is 9.98. The Morgan fingerprint density at radius 2 is 1.88 bits per heavy atom. The number of rotatable bonds is 4. The van der Waals surface area contributed by atoms with E-state index < -0.39 is 11.9 Å². The first kappa shape index (κ1) is 21.3. The molecule has 1 aliphatic heterocycles. The highest BCUT2D eigenvalue weighted by molar-refractivity contribution is 6.31. The third kappa shape index (κ3) is 3.50.